The summed E-state index contributed by atoms with van der Waals surface area (Å²) in [4.78, 5) is 58.3. The number of amides is 2. The maximum atomic E-state index is 12.1. The molecule has 134 valence electrons. The smallest absolute Gasteiger partial charge is 0.326 e. The van der Waals surface area contributed by atoms with Crippen LogP contribution in [-0.2, 0) is 33.4 Å². The summed E-state index contributed by atoms with van der Waals surface area (Å²) in [7, 11) is 2.10. The van der Waals surface area contributed by atoms with E-state index in [-0.39, 0.29) is 18.7 Å². The summed E-state index contributed by atoms with van der Waals surface area (Å²) in [6, 6.07) is -2.39. The first-order chi connectivity index (χ1) is 11.2. The number of methoxy groups -OCH3 is 2. The lowest BCUT2D eigenvalue weighted by molar-refractivity contribution is -0.163. The van der Waals surface area contributed by atoms with E-state index in [4.69, 9.17) is 0 Å². The molecule has 1 fully saturated rings. The van der Waals surface area contributed by atoms with Crippen molar-refractivity contribution in [2.24, 2.45) is 11.8 Å². The molecule has 0 spiro atoms. The molecule has 0 bridgehead atoms. The minimum Gasteiger partial charge on any atom is -0.480 e. The molecule has 0 aromatic rings. The maximum Gasteiger partial charge on any atom is 0.326 e. The number of hydrogen-bond donors (Lipinski definition) is 3. The molecule has 10 nitrogen and oxygen atoms in total. The van der Waals surface area contributed by atoms with Gasteiger partial charge in [0.05, 0.1) is 14.2 Å². The van der Waals surface area contributed by atoms with Crippen molar-refractivity contribution in [3.63, 3.8) is 0 Å². The third-order valence-electron chi connectivity index (χ3n) is 3.84. The van der Waals surface area contributed by atoms with Crippen LogP contribution in [0.3, 0.4) is 0 Å². The molecule has 3 atom stereocenters. The summed E-state index contributed by atoms with van der Waals surface area (Å²) < 4.78 is 9.01. The molecule has 0 aliphatic carbocycles. The van der Waals surface area contributed by atoms with E-state index in [0.717, 1.165) is 14.2 Å². The monoisotopic (exact) mass is 344 g/mol. The van der Waals surface area contributed by atoms with Gasteiger partial charge < -0.3 is 25.2 Å². The quantitative estimate of drug-likeness (QED) is 0.371. The molecule has 3 N–H and O–H groups in total. The van der Waals surface area contributed by atoms with Crippen molar-refractivity contribution in [3.05, 3.63) is 0 Å². The van der Waals surface area contributed by atoms with Crippen LogP contribution in [0.4, 0.5) is 0 Å². The maximum absolute atomic E-state index is 12.1. The third-order valence-corrected chi connectivity index (χ3v) is 3.84. The third kappa shape index (κ3) is 4.43. The summed E-state index contributed by atoms with van der Waals surface area (Å²) in [5.74, 6) is -7.03. The molecule has 10 heteroatoms. The zero-order valence-electron chi connectivity index (χ0n) is 13.5. The number of esters is 2. The Morgan fingerprint density at radius 2 is 1.75 bits per heavy atom. The highest BCUT2D eigenvalue weighted by Gasteiger charge is 2.43. The molecule has 0 radical (unpaired) electrons. The number of rotatable bonds is 7. The summed E-state index contributed by atoms with van der Waals surface area (Å²) in [5.41, 5.74) is 0. The van der Waals surface area contributed by atoms with Crippen LogP contribution in [0.15, 0.2) is 0 Å². The highest BCUT2D eigenvalue weighted by molar-refractivity contribution is 5.97. The van der Waals surface area contributed by atoms with Crippen LogP contribution in [0.25, 0.3) is 0 Å². The Morgan fingerprint density at radius 3 is 2.12 bits per heavy atom. The van der Waals surface area contributed by atoms with E-state index in [1.165, 1.54) is 6.92 Å². The first-order valence-corrected chi connectivity index (χ1v) is 7.21. The van der Waals surface area contributed by atoms with Gasteiger partial charge in [-0.1, -0.05) is 6.92 Å². The number of ether oxygens (including phenoxy) is 2. The molecule has 0 unspecified atom stereocenters. The Hall–Kier alpha value is -2.65. The summed E-state index contributed by atoms with van der Waals surface area (Å²) in [5, 5.41) is 14.0. The van der Waals surface area contributed by atoms with Gasteiger partial charge in [-0.05, 0) is 6.42 Å². The Labute approximate surface area is 137 Å². The molecule has 1 heterocycles. The fraction of sp³-hybridized carbons (Fsp3) is 0.643. The van der Waals surface area contributed by atoms with Crippen molar-refractivity contribution < 1.29 is 38.6 Å². The first-order valence-electron chi connectivity index (χ1n) is 7.21. The average Bonchev–Trinajstić information content (AvgIpc) is 2.98. The van der Waals surface area contributed by atoms with Crippen LogP contribution in [0.1, 0.15) is 19.8 Å². The Balaban J connectivity index is 2.94. The predicted molar refractivity (Wildman–Crippen MR) is 77.4 cm³/mol. The van der Waals surface area contributed by atoms with Gasteiger partial charge in [-0.15, -0.1) is 0 Å². The van der Waals surface area contributed by atoms with Gasteiger partial charge in [-0.2, -0.15) is 0 Å². The highest BCUT2D eigenvalue weighted by atomic mass is 16.5. The lowest BCUT2D eigenvalue weighted by Crippen LogP contribution is -2.54. The Morgan fingerprint density at radius 1 is 1.21 bits per heavy atom. The molecular weight excluding hydrogens is 324 g/mol. The SMILES string of the molecule is COC(=O)C(C(=O)OC)[C@@H](C)[C@@H](NC(=O)[C@H]1CCC(=O)N1)C(=O)O. The number of carbonyl (C=O) groups is 5. The molecule has 2 amide bonds. The van der Waals surface area contributed by atoms with Crippen molar-refractivity contribution in [1.82, 2.24) is 10.6 Å². The molecule has 0 aromatic carbocycles. The number of carboxylic acids is 1. The van der Waals surface area contributed by atoms with Gasteiger partial charge in [0.25, 0.3) is 0 Å². The van der Waals surface area contributed by atoms with E-state index < -0.39 is 47.7 Å². The van der Waals surface area contributed by atoms with E-state index in [0.29, 0.717) is 0 Å². The molecule has 1 rings (SSSR count). The zero-order valence-corrected chi connectivity index (χ0v) is 13.5. The van der Waals surface area contributed by atoms with Crippen molar-refractivity contribution in [1.29, 1.82) is 0 Å². The van der Waals surface area contributed by atoms with Crippen LogP contribution in [0.5, 0.6) is 0 Å². The molecule has 24 heavy (non-hydrogen) atoms. The van der Waals surface area contributed by atoms with Gasteiger partial charge >= 0.3 is 17.9 Å². The molecule has 0 aromatic heterocycles. The van der Waals surface area contributed by atoms with Crippen molar-refractivity contribution >= 4 is 29.7 Å². The van der Waals surface area contributed by atoms with Crippen LogP contribution in [-0.4, -0.2) is 61.1 Å². The lowest BCUT2D eigenvalue weighted by atomic mass is 9.87. The fourth-order valence-corrected chi connectivity index (χ4v) is 2.45. The van der Waals surface area contributed by atoms with Gasteiger partial charge in [0, 0.05) is 12.3 Å². The number of carbonyl (C=O) groups excluding carboxylic acids is 4. The van der Waals surface area contributed by atoms with Gasteiger partial charge in [0.2, 0.25) is 11.8 Å². The largest absolute Gasteiger partial charge is 0.480 e. The molecular formula is C14H20N2O8. The van der Waals surface area contributed by atoms with Gasteiger partial charge in [-0.3, -0.25) is 19.2 Å². The molecule has 1 aliphatic rings. The topological polar surface area (TPSA) is 148 Å². The normalized spacial score (nSPS) is 19.2. The van der Waals surface area contributed by atoms with Crippen LogP contribution < -0.4 is 10.6 Å². The van der Waals surface area contributed by atoms with Crippen molar-refractivity contribution in [2.45, 2.75) is 31.8 Å². The van der Waals surface area contributed by atoms with Gasteiger partial charge in [-0.25, -0.2) is 4.79 Å². The lowest BCUT2D eigenvalue weighted by Gasteiger charge is -2.26. The number of carboxylic acid groups (broad SMARTS) is 1. The second kappa shape index (κ2) is 8.27. The van der Waals surface area contributed by atoms with E-state index in [1.807, 2.05) is 0 Å². The van der Waals surface area contributed by atoms with Crippen LogP contribution >= 0.6 is 0 Å². The zero-order chi connectivity index (χ0) is 18.4. The van der Waals surface area contributed by atoms with E-state index in [9.17, 15) is 29.1 Å². The van der Waals surface area contributed by atoms with Crippen LogP contribution in [0, 0.1) is 11.8 Å². The first kappa shape index (κ1) is 19.4. The second-order valence-corrected chi connectivity index (χ2v) is 5.37. The summed E-state index contributed by atoms with van der Waals surface area (Å²) in [6.07, 6.45) is 0.404. The van der Waals surface area contributed by atoms with E-state index in [2.05, 4.69) is 20.1 Å². The standard InChI is InChI=1S/C14H20N2O8/c1-6(9(13(21)23-2)14(22)24-3)10(12(19)20)16-11(18)7-4-5-8(17)15-7/h6-7,9-10H,4-5H2,1-3H3,(H,15,17)(H,16,18)(H,19,20)/t6-,7-,10-/m1/s1. The van der Waals surface area contributed by atoms with Gasteiger partial charge in [0.1, 0.15) is 12.1 Å². The molecule has 0 saturated carbocycles. The predicted octanol–water partition coefficient (Wildman–Crippen LogP) is -1.57. The highest BCUT2D eigenvalue weighted by Crippen LogP contribution is 2.20. The number of hydrogen-bond acceptors (Lipinski definition) is 7. The van der Waals surface area contributed by atoms with E-state index in [1.54, 1.807) is 0 Å². The number of nitrogens with one attached hydrogen (secondary N) is 2. The summed E-state index contributed by atoms with van der Waals surface area (Å²) >= 11 is 0. The number of aliphatic carboxylic acids is 1. The Kier molecular flexibility index (Phi) is 6.69. The Bertz CT molecular complexity index is 531. The minimum absolute atomic E-state index is 0.165. The fourth-order valence-electron chi connectivity index (χ4n) is 2.45. The van der Waals surface area contributed by atoms with Crippen molar-refractivity contribution in [2.75, 3.05) is 14.2 Å². The molecule has 1 aliphatic heterocycles. The van der Waals surface area contributed by atoms with Gasteiger partial charge in [0.15, 0.2) is 5.92 Å². The second-order valence-electron chi connectivity index (χ2n) is 5.37. The van der Waals surface area contributed by atoms with Crippen LogP contribution in [0.2, 0.25) is 0 Å². The summed E-state index contributed by atoms with van der Waals surface area (Å²) in [6.45, 7) is 1.31. The van der Waals surface area contributed by atoms with E-state index >= 15 is 0 Å². The molecule has 1 saturated heterocycles. The minimum atomic E-state index is -1.54. The average molecular weight is 344 g/mol. The van der Waals surface area contributed by atoms with Crippen molar-refractivity contribution in [3.8, 4) is 0 Å².